The molecule has 0 saturated heterocycles. The highest BCUT2D eigenvalue weighted by molar-refractivity contribution is 6.34. The first-order valence-corrected chi connectivity index (χ1v) is 6.00. The van der Waals surface area contributed by atoms with Crippen molar-refractivity contribution < 1.29 is 0 Å². The van der Waals surface area contributed by atoms with Gasteiger partial charge in [0, 0.05) is 19.6 Å². The Kier molecular flexibility index (Phi) is 2.24. The summed E-state index contributed by atoms with van der Waals surface area (Å²) < 4.78 is 0. The zero-order valence-electron chi connectivity index (χ0n) is 8.67. The second-order valence-corrected chi connectivity index (χ2v) is 4.86. The van der Waals surface area contributed by atoms with Gasteiger partial charge in [-0.2, -0.15) is 0 Å². The summed E-state index contributed by atoms with van der Waals surface area (Å²) in [4.78, 5) is 2.47. The molecule has 1 heterocycles. The van der Waals surface area contributed by atoms with E-state index in [-0.39, 0.29) is 0 Å². The molecule has 1 aliphatic carbocycles. The Morgan fingerprint density at radius 2 is 2.27 bits per heavy atom. The highest BCUT2D eigenvalue weighted by atomic mass is 35.5. The maximum atomic E-state index is 6.17. The molecule has 0 atom stereocenters. The largest absolute Gasteiger partial charge is 0.380 e. The van der Waals surface area contributed by atoms with E-state index in [0.717, 1.165) is 29.7 Å². The molecule has 0 radical (unpaired) electrons. The third-order valence-electron chi connectivity index (χ3n) is 3.19. The third-order valence-corrected chi connectivity index (χ3v) is 3.51. The molecule has 80 valence electrons. The molecule has 1 saturated carbocycles. The van der Waals surface area contributed by atoms with Crippen LogP contribution in [0.2, 0.25) is 5.02 Å². The van der Waals surface area contributed by atoms with Crippen molar-refractivity contribution in [3.8, 4) is 0 Å². The Morgan fingerprint density at radius 1 is 1.40 bits per heavy atom. The maximum Gasteiger partial charge on any atom is 0.0767 e. The normalized spacial score (nSPS) is 19.7. The summed E-state index contributed by atoms with van der Waals surface area (Å²) in [5, 5.41) is 4.22. The summed E-state index contributed by atoms with van der Waals surface area (Å²) in [5.41, 5.74) is 2.40. The van der Waals surface area contributed by atoms with Gasteiger partial charge in [-0.25, -0.2) is 0 Å². The average Bonchev–Trinajstić information content (AvgIpc) is 3.04. The highest BCUT2D eigenvalue weighted by Crippen LogP contribution is 2.38. The molecule has 1 aliphatic heterocycles. The number of hydrogen-bond acceptors (Lipinski definition) is 2. The number of hydrogen-bond donors (Lipinski definition) is 1. The van der Waals surface area contributed by atoms with Gasteiger partial charge in [0.2, 0.25) is 0 Å². The Bertz CT molecular complexity index is 374. The van der Waals surface area contributed by atoms with Gasteiger partial charge in [0.15, 0.2) is 0 Å². The molecule has 3 rings (SSSR count). The van der Waals surface area contributed by atoms with Crippen LogP contribution in [0.3, 0.4) is 0 Å². The van der Waals surface area contributed by atoms with Gasteiger partial charge in [0.1, 0.15) is 0 Å². The van der Waals surface area contributed by atoms with Crippen molar-refractivity contribution in [3.05, 3.63) is 23.2 Å². The number of fused-ring (bicyclic) bond motifs is 1. The summed E-state index contributed by atoms with van der Waals surface area (Å²) in [6, 6.07) is 6.15. The fourth-order valence-corrected chi connectivity index (χ4v) is 2.43. The van der Waals surface area contributed by atoms with Gasteiger partial charge in [0.25, 0.3) is 0 Å². The molecule has 0 bridgehead atoms. The van der Waals surface area contributed by atoms with Gasteiger partial charge in [-0.3, -0.25) is 0 Å². The van der Waals surface area contributed by atoms with Crippen molar-refractivity contribution in [2.24, 2.45) is 5.92 Å². The molecule has 0 unspecified atom stereocenters. The molecule has 1 fully saturated rings. The van der Waals surface area contributed by atoms with Crippen LogP contribution >= 0.6 is 11.6 Å². The minimum atomic E-state index is 0.841. The van der Waals surface area contributed by atoms with Crippen molar-refractivity contribution >= 4 is 23.0 Å². The topological polar surface area (TPSA) is 15.3 Å². The monoisotopic (exact) mass is 222 g/mol. The van der Waals surface area contributed by atoms with Crippen molar-refractivity contribution in [1.82, 2.24) is 0 Å². The number of anilines is 2. The van der Waals surface area contributed by atoms with Crippen LogP contribution in [0.4, 0.5) is 11.4 Å². The van der Waals surface area contributed by atoms with E-state index < -0.39 is 0 Å². The molecule has 15 heavy (non-hydrogen) atoms. The van der Waals surface area contributed by atoms with E-state index in [0.29, 0.717) is 0 Å². The van der Waals surface area contributed by atoms with Crippen LogP contribution in [0.1, 0.15) is 12.8 Å². The molecular weight excluding hydrogens is 208 g/mol. The van der Waals surface area contributed by atoms with Crippen LogP contribution in [-0.2, 0) is 0 Å². The molecule has 2 aliphatic rings. The lowest BCUT2D eigenvalue weighted by Crippen LogP contribution is -2.35. The lowest BCUT2D eigenvalue weighted by molar-refractivity contribution is 0.719. The van der Waals surface area contributed by atoms with E-state index >= 15 is 0 Å². The van der Waals surface area contributed by atoms with Crippen LogP contribution in [0.5, 0.6) is 0 Å². The molecule has 1 aromatic carbocycles. The van der Waals surface area contributed by atoms with Crippen LogP contribution < -0.4 is 10.2 Å². The molecule has 1 aromatic rings. The molecule has 0 spiro atoms. The fourth-order valence-electron chi connectivity index (χ4n) is 2.19. The maximum absolute atomic E-state index is 6.17. The quantitative estimate of drug-likeness (QED) is 0.828. The van der Waals surface area contributed by atoms with E-state index in [4.69, 9.17) is 11.6 Å². The van der Waals surface area contributed by atoms with E-state index in [1.165, 1.54) is 25.1 Å². The molecule has 1 N–H and O–H groups in total. The van der Waals surface area contributed by atoms with E-state index in [2.05, 4.69) is 16.3 Å². The molecule has 3 heteroatoms. The lowest BCUT2D eigenvalue weighted by Gasteiger charge is -2.32. The number of para-hydroxylation sites is 1. The minimum absolute atomic E-state index is 0.841. The third kappa shape index (κ3) is 1.78. The molecule has 0 aromatic heterocycles. The first kappa shape index (κ1) is 9.34. The Morgan fingerprint density at radius 3 is 3.07 bits per heavy atom. The predicted molar refractivity (Wildman–Crippen MR) is 64.9 cm³/mol. The second kappa shape index (κ2) is 3.60. The summed E-state index contributed by atoms with van der Waals surface area (Å²) >= 11 is 6.17. The van der Waals surface area contributed by atoms with Gasteiger partial charge in [-0.15, -0.1) is 0 Å². The van der Waals surface area contributed by atoms with Crippen LogP contribution in [0, 0.1) is 5.92 Å². The van der Waals surface area contributed by atoms with E-state index in [1.54, 1.807) is 0 Å². The number of nitrogens with one attached hydrogen (secondary N) is 1. The van der Waals surface area contributed by atoms with Crippen molar-refractivity contribution in [3.63, 3.8) is 0 Å². The number of nitrogens with zero attached hydrogens (tertiary/aromatic N) is 1. The SMILES string of the molecule is Clc1cccc2c1NCCN2CC1CC1. The molecule has 0 amide bonds. The summed E-state index contributed by atoms with van der Waals surface area (Å²) in [7, 11) is 0. The van der Waals surface area contributed by atoms with Crippen LogP contribution in [0.25, 0.3) is 0 Å². The Balaban J connectivity index is 1.91. The van der Waals surface area contributed by atoms with Crippen LogP contribution in [0.15, 0.2) is 18.2 Å². The predicted octanol–water partition coefficient (Wildman–Crippen LogP) is 2.98. The standard InChI is InChI=1S/C12H15ClN2/c13-10-2-1-3-11-12(10)14-6-7-15(11)8-9-4-5-9/h1-3,9,14H,4-8H2. The average molecular weight is 223 g/mol. The van der Waals surface area contributed by atoms with Gasteiger partial charge < -0.3 is 10.2 Å². The van der Waals surface area contributed by atoms with Crippen LogP contribution in [-0.4, -0.2) is 19.6 Å². The van der Waals surface area contributed by atoms with E-state index in [9.17, 15) is 0 Å². The summed E-state index contributed by atoms with van der Waals surface area (Å²) in [6.07, 6.45) is 2.81. The summed E-state index contributed by atoms with van der Waals surface area (Å²) in [5.74, 6) is 0.926. The van der Waals surface area contributed by atoms with Gasteiger partial charge in [-0.05, 0) is 30.9 Å². The van der Waals surface area contributed by atoms with Gasteiger partial charge in [0.05, 0.1) is 16.4 Å². The number of halogens is 1. The number of benzene rings is 1. The molecule has 2 nitrogen and oxygen atoms in total. The first-order chi connectivity index (χ1) is 7.34. The van der Waals surface area contributed by atoms with Gasteiger partial charge in [-0.1, -0.05) is 17.7 Å². The summed E-state index contributed by atoms with van der Waals surface area (Å²) in [6.45, 7) is 3.31. The fraction of sp³-hybridized carbons (Fsp3) is 0.500. The molecular formula is C12H15ClN2. The van der Waals surface area contributed by atoms with Crippen molar-refractivity contribution in [2.75, 3.05) is 29.9 Å². The Hall–Kier alpha value is -0.890. The lowest BCUT2D eigenvalue weighted by atomic mass is 10.2. The highest BCUT2D eigenvalue weighted by Gasteiger charge is 2.27. The minimum Gasteiger partial charge on any atom is -0.380 e. The zero-order chi connectivity index (χ0) is 10.3. The van der Waals surface area contributed by atoms with Crippen molar-refractivity contribution in [1.29, 1.82) is 0 Å². The first-order valence-electron chi connectivity index (χ1n) is 5.62. The Labute approximate surface area is 95.2 Å². The van der Waals surface area contributed by atoms with Gasteiger partial charge >= 0.3 is 0 Å². The zero-order valence-corrected chi connectivity index (χ0v) is 9.43. The smallest absolute Gasteiger partial charge is 0.0767 e. The van der Waals surface area contributed by atoms with Crippen molar-refractivity contribution in [2.45, 2.75) is 12.8 Å². The van der Waals surface area contributed by atoms with E-state index in [1.807, 2.05) is 12.1 Å². The second-order valence-electron chi connectivity index (χ2n) is 4.45. The number of rotatable bonds is 2.